The Kier molecular flexibility index (Phi) is 8.73. The average Bonchev–Trinajstić information content (AvgIpc) is 2.11. The highest BCUT2D eigenvalue weighted by molar-refractivity contribution is 5.69. The second-order valence-electron chi connectivity index (χ2n) is 2.97. The zero-order valence-electron chi connectivity index (χ0n) is 8.71. The molecule has 0 unspecified atom stereocenters. The van der Waals surface area contributed by atoms with Crippen LogP contribution in [0.2, 0.25) is 0 Å². The minimum atomic E-state index is -0.0615. The quantitative estimate of drug-likeness (QED) is 0.345. The van der Waals surface area contributed by atoms with Gasteiger partial charge in [0.25, 0.3) is 0 Å². The van der Waals surface area contributed by atoms with Gasteiger partial charge in [-0.15, -0.1) is 0 Å². The summed E-state index contributed by atoms with van der Waals surface area (Å²) in [6.07, 6.45) is 9.15. The number of hydrogen-bond acceptors (Lipinski definition) is 2. The fourth-order valence-electron chi connectivity index (χ4n) is 1.11. The van der Waals surface area contributed by atoms with Gasteiger partial charge in [-0.05, 0) is 33.1 Å². The second kappa shape index (κ2) is 9.30. The smallest absolute Gasteiger partial charge is 0.305 e. The van der Waals surface area contributed by atoms with Crippen LogP contribution in [-0.4, -0.2) is 12.6 Å². The normalized spacial score (nSPS) is 10.6. The van der Waals surface area contributed by atoms with E-state index in [1.165, 1.54) is 6.42 Å². The van der Waals surface area contributed by atoms with Gasteiger partial charge in [-0.2, -0.15) is 0 Å². The van der Waals surface area contributed by atoms with E-state index in [0.717, 1.165) is 19.3 Å². The van der Waals surface area contributed by atoms with Crippen LogP contribution < -0.4 is 0 Å². The monoisotopic (exact) mass is 184 g/mol. The van der Waals surface area contributed by atoms with Crippen molar-refractivity contribution in [2.45, 2.75) is 46.0 Å². The molecule has 0 N–H and O–H groups in total. The zero-order valence-corrected chi connectivity index (χ0v) is 8.71. The van der Waals surface area contributed by atoms with Gasteiger partial charge < -0.3 is 4.74 Å². The molecular weight excluding hydrogens is 164 g/mol. The Balaban J connectivity index is 3.11. The van der Waals surface area contributed by atoms with Crippen LogP contribution in [0, 0.1) is 0 Å². The van der Waals surface area contributed by atoms with Crippen LogP contribution in [0.5, 0.6) is 0 Å². The molecule has 0 atom stereocenters. The van der Waals surface area contributed by atoms with E-state index in [1.807, 2.05) is 13.8 Å². The molecule has 0 amide bonds. The van der Waals surface area contributed by atoms with Gasteiger partial charge in [0.15, 0.2) is 0 Å². The molecule has 2 heteroatoms. The maximum Gasteiger partial charge on any atom is 0.305 e. The lowest BCUT2D eigenvalue weighted by Crippen LogP contribution is -2.02. The third-order valence-electron chi connectivity index (χ3n) is 1.79. The summed E-state index contributed by atoms with van der Waals surface area (Å²) in [6, 6.07) is 0. The summed E-state index contributed by atoms with van der Waals surface area (Å²) in [5.74, 6) is -0.0615. The van der Waals surface area contributed by atoms with Crippen LogP contribution in [0.1, 0.15) is 46.0 Å². The molecule has 76 valence electrons. The van der Waals surface area contributed by atoms with Crippen molar-refractivity contribution in [3.05, 3.63) is 12.2 Å². The van der Waals surface area contributed by atoms with Crippen molar-refractivity contribution < 1.29 is 9.53 Å². The molecule has 0 saturated carbocycles. The van der Waals surface area contributed by atoms with Crippen molar-refractivity contribution in [2.24, 2.45) is 0 Å². The number of rotatable bonds is 7. The van der Waals surface area contributed by atoms with E-state index in [4.69, 9.17) is 4.74 Å². The van der Waals surface area contributed by atoms with Gasteiger partial charge in [0.05, 0.1) is 6.61 Å². The van der Waals surface area contributed by atoms with Crippen molar-refractivity contribution in [1.29, 1.82) is 0 Å². The summed E-state index contributed by atoms with van der Waals surface area (Å²) in [7, 11) is 0. The van der Waals surface area contributed by atoms with Crippen LogP contribution in [0.25, 0.3) is 0 Å². The van der Waals surface area contributed by atoms with Crippen molar-refractivity contribution in [2.75, 3.05) is 6.61 Å². The number of ether oxygens (including phenoxy) is 1. The van der Waals surface area contributed by atoms with E-state index in [9.17, 15) is 4.79 Å². The SMILES string of the molecule is C/C=C\CCCCCC(=O)OCC. The third kappa shape index (κ3) is 9.12. The van der Waals surface area contributed by atoms with Gasteiger partial charge in [0.1, 0.15) is 0 Å². The Bertz CT molecular complexity index is 150. The molecular formula is C11H20O2. The van der Waals surface area contributed by atoms with Crippen LogP contribution >= 0.6 is 0 Å². The van der Waals surface area contributed by atoms with Gasteiger partial charge in [-0.25, -0.2) is 0 Å². The Morgan fingerprint density at radius 2 is 2.08 bits per heavy atom. The number of carbonyl (C=O) groups excluding carboxylic acids is 1. The highest BCUT2D eigenvalue weighted by Crippen LogP contribution is 2.04. The topological polar surface area (TPSA) is 26.3 Å². The van der Waals surface area contributed by atoms with Crippen molar-refractivity contribution >= 4 is 5.97 Å². The molecule has 0 rings (SSSR count). The molecule has 0 aromatic heterocycles. The van der Waals surface area contributed by atoms with Crippen molar-refractivity contribution in [3.8, 4) is 0 Å². The second-order valence-corrected chi connectivity index (χ2v) is 2.97. The van der Waals surface area contributed by atoms with E-state index in [0.29, 0.717) is 13.0 Å². The van der Waals surface area contributed by atoms with E-state index < -0.39 is 0 Å². The Morgan fingerprint density at radius 1 is 1.31 bits per heavy atom. The number of esters is 1. The third-order valence-corrected chi connectivity index (χ3v) is 1.79. The van der Waals surface area contributed by atoms with Gasteiger partial charge in [-0.3, -0.25) is 4.79 Å². The summed E-state index contributed by atoms with van der Waals surface area (Å²) in [5, 5.41) is 0. The molecule has 13 heavy (non-hydrogen) atoms. The Labute approximate surface area is 81.0 Å². The van der Waals surface area contributed by atoms with Crippen molar-refractivity contribution in [3.63, 3.8) is 0 Å². The summed E-state index contributed by atoms with van der Waals surface area (Å²) in [4.78, 5) is 10.9. The van der Waals surface area contributed by atoms with Crippen molar-refractivity contribution in [1.82, 2.24) is 0 Å². The standard InChI is InChI=1S/C11H20O2/c1-3-5-6-7-8-9-10-11(12)13-4-2/h3,5H,4,6-10H2,1-2H3/b5-3-. The van der Waals surface area contributed by atoms with Gasteiger partial charge in [0.2, 0.25) is 0 Å². The molecule has 0 aromatic rings. The molecule has 0 aliphatic rings. The van der Waals surface area contributed by atoms with Crippen LogP contribution in [0.15, 0.2) is 12.2 Å². The van der Waals surface area contributed by atoms with E-state index in [-0.39, 0.29) is 5.97 Å². The van der Waals surface area contributed by atoms with Crippen LogP contribution in [0.3, 0.4) is 0 Å². The minimum absolute atomic E-state index is 0.0615. The fraction of sp³-hybridized carbons (Fsp3) is 0.727. The molecule has 2 nitrogen and oxygen atoms in total. The first-order chi connectivity index (χ1) is 6.31. The Hall–Kier alpha value is -0.790. The maximum atomic E-state index is 10.9. The first-order valence-corrected chi connectivity index (χ1v) is 5.08. The lowest BCUT2D eigenvalue weighted by molar-refractivity contribution is -0.143. The largest absolute Gasteiger partial charge is 0.466 e. The Morgan fingerprint density at radius 3 is 2.69 bits per heavy atom. The predicted molar refractivity (Wildman–Crippen MR) is 54.5 cm³/mol. The molecule has 0 fully saturated rings. The van der Waals surface area contributed by atoms with E-state index >= 15 is 0 Å². The first kappa shape index (κ1) is 12.2. The molecule has 0 spiro atoms. The van der Waals surface area contributed by atoms with Gasteiger partial charge >= 0.3 is 5.97 Å². The molecule has 0 aromatic carbocycles. The fourth-order valence-corrected chi connectivity index (χ4v) is 1.11. The number of hydrogen-bond donors (Lipinski definition) is 0. The maximum absolute atomic E-state index is 10.9. The highest BCUT2D eigenvalue weighted by Gasteiger charge is 1.99. The average molecular weight is 184 g/mol. The zero-order chi connectivity index (χ0) is 9.94. The lowest BCUT2D eigenvalue weighted by atomic mass is 10.1. The van der Waals surface area contributed by atoms with Gasteiger partial charge in [0, 0.05) is 6.42 Å². The number of unbranched alkanes of at least 4 members (excludes halogenated alkanes) is 3. The molecule has 0 heterocycles. The van der Waals surface area contributed by atoms with Gasteiger partial charge in [-0.1, -0.05) is 18.6 Å². The summed E-state index contributed by atoms with van der Waals surface area (Å²) >= 11 is 0. The molecule has 0 aliphatic heterocycles. The summed E-state index contributed by atoms with van der Waals surface area (Å²) in [5.41, 5.74) is 0. The van der Waals surface area contributed by atoms with E-state index in [2.05, 4.69) is 12.2 Å². The van der Waals surface area contributed by atoms with Crippen LogP contribution in [-0.2, 0) is 9.53 Å². The number of allylic oxidation sites excluding steroid dienone is 2. The lowest BCUT2D eigenvalue weighted by Gasteiger charge is -2.00. The minimum Gasteiger partial charge on any atom is -0.466 e. The predicted octanol–water partition coefficient (Wildman–Crippen LogP) is 3.08. The molecule has 0 bridgehead atoms. The number of carbonyl (C=O) groups is 1. The van der Waals surface area contributed by atoms with E-state index in [1.54, 1.807) is 0 Å². The molecule has 0 aliphatic carbocycles. The summed E-state index contributed by atoms with van der Waals surface area (Å²) in [6.45, 7) is 4.36. The van der Waals surface area contributed by atoms with Crippen LogP contribution in [0.4, 0.5) is 0 Å². The first-order valence-electron chi connectivity index (χ1n) is 5.08. The highest BCUT2D eigenvalue weighted by atomic mass is 16.5. The molecule has 0 saturated heterocycles. The molecule has 0 radical (unpaired) electrons. The summed E-state index contributed by atoms with van der Waals surface area (Å²) < 4.78 is 4.82.